The lowest BCUT2D eigenvalue weighted by molar-refractivity contribution is 0.159. The van der Waals surface area contributed by atoms with Crippen molar-refractivity contribution in [2.75, 3.05) is 11.6 Å². The number of carbonyl (C=O) groups is 1. The minimum atomic E-state index is -0.849. The summed E-state index contributed by atoms with van der Waals surface area (Å²) < 4.78 is 4.75. The number of aromatic amines is 1. The molecule has 0 fully saturated rings. The Morgan fingerprint density at radius 2 is 2.20 bits per heavy atom. The maximum atomic E-state index is 11.6. The molecule has 2 aromatic rings. The van der Waals surface area contributed by atoms with Crippen molar-refractivity contribution >= 4 is 46.0 Å². The van der Waals surface area contributed by atoms with Crippen molar-refractivity contribution in [1.82, 2.24) is 9.97 Å². The predicted octanol–water partition coefficient (Wildman–Crippen LogP) is 2.07. The van der Waals surface area contributed by atoms with Gasteiger partial charge in [-0.05, 0) is 19.1 Å². The highest BCUT2D eigenvalue weighted by Gasteiger charge is 2.20. The van der Waals surface area contributed by atoms with E-state index in [9.17, 15) is 9.59 Å². The fourth-order valence-corrected chi connectivity index (χ4v) is 2.23. The van der Waals surface area contributed by atoms with Gasteiger partial charge in [-0.25, -0.2) is 15.4 Å². The molecule has 0 bridgehead atoms. The molecule has 9 heteroatoms. The monoisotopic (exact) mass is 316 g/mol. The van der Waals surface area contributed by atoms with Crippen LogP contribution in [-0.2, 0) is 4.74 Å². The number of halogens is 2. The first-order chi connectivity index (χ1) is 9.43. The zero-order chi connectivity index (χ0) is 14.9. The Morgan fingerprint density at radius 1 is 1.50 bits per heavy atom. The number of nitrogens with one attached hydrogen (secondary N) is 1. The van der Waals surface area contributed by atoms with Gasteiger partial charge in [-0.3, -0.25) is 0 Å². The second kappa shape index (κ2) is 5.66. The number of hydrogen-bond donors (Lipinski definition) is 2. The Labute approximate surface area is 123 Å². The summed E-state index contributed by atoms with van der Waals surface area (Å²) in [7, 11) is 0. The van der Waals surface area contributed by atoms with E-state index in [2.05, 4.69) is 9.97 Å². The molecule has 1 aromatic carbocycles. The van der Waals surface area contributed by atoms with Gasteiger partial charge in [0.15, 0.2) is 5.82 Å². The zero-order valence-corrected chi connectivity index (χ0v) is 11.8. The van der Waals surface area contributed by atoms with E-state index in [1.165, 1.54) is 12.1 Å². The molecule has 7 nitrogen and oxygen atoms in total. The fraction of sp³-hybridized carbons (Fsp3) is 0.182. The molecule has 0 radical (unpaired) electrons. The average molecular weight is 317 g/mol. The molecule has 20 heavy (non-hydrogen) atoms. The molecule has 1 heterocycles. The number of ether oxygens (including phenoxy) is 1. The topological polar surface area (TPSA) is 101 Å². The van der Waals surface area contributed by atoms with Crippen LogP contribution in [0.15, 0.2) is 16.9 Å². The van der Waals surface area contributed by atoms with Crippen LogP contribution in [0.1, 0.15) is 6.92 Å². The summed E-state index contributed by atoms with van der Waals surface area (Å²) in [4.78, 5) is 29.3. The molecule has 106 valence electrons. The van der Waals surface area contributed by atoms with E-state index in [0.717, 1.165) is 0 Å². The largest absolute Gasteiger partial charge is 0.448 e. The number of anilines is 1. The molecule has 3 N–H and O–H groups in total. The van der Waals surface area contributed by atoms with Gasteiger partial charge in [0.25, 0.3) is 0 Å². The summed E-state index contributed by atoms with van der Waals surface area (Å²) in [6.07, 6.45) is -0.849. The average Bonchev–Trinajstić information content (AvgIpc) is 2.36. The first-order valence-electron chi connectivity index (χ1n) is 5.54. The molecule has 1 aromatic heterocycles. The van der Waals surface area contributed by atoms with Gasteiger partial charge >= 0.3 is 11.8 Å². The zero-order valence-electron chi connectivity index (χ0n) is 10.3. The highest BCUT2D eigenvalue weighted by molar-refractivity contribution is 6.39. The molecule has 2 rings (SSSR count). The maximum absolute atomic E-state index is 11.6. The van der Waals surface area contributed by atoms with Gasteiger partial charge < -0.3 is 9.72 Å². The molecule has 0 aliphatic carbocycles. The maximum Gasteiger partial charge on any atom is 0.430 e. The van der Waals surface area contributed by atoms with E-state index in [1.54, 1.807) is 6.92 Å². The van der Waals surface area contributed by atoms with Crippen molar-refractivity contribution in [3.8, 4) is 0 Å². The number of fused-ring (bicyclic) bond motifs is 1. The fourth-order valence-electron chi connectivity index (χ4n) is 1.65. The summed E-state index contributed by atoms with van der Waals surface area (Å²) in [6, 6.07) is 2.93. The lowest BCUT2D eigenvalue weighted by Crippen LogP contribution is -2.40. The van der Waals surface area contributed by atoms with Crippen LogP contribution in [0.4, 0.5) is 10.6 Å². The first-order valence-corrected chi connectivity index (χ1v) is 6.30. The van der Waals surface area contributed by atoms with Crippen LogP contribution in [0.25, 0.3) is 10.9 Å². The molecule has 0 saturated carbocycles. The van der Waals surface area contributed by atoms with Crippen molar-refractivity contribution in [2.45, 2.75) is 6.92 Å². The van der Waals surface area contributed by atoms with Crippen molar-refractivity contribution in [3.05, 3.63) is 32.7 Å². The Kier molecular flexibility index (Phi) is 4.12. The summed E-state index contributed by atoms with van der Waals surface area (Å²) in [6.45, 7) is 1.76. The van der Waals surface area contributed by atoms with Gasteiger partial charge in [0, 0.05) is 5.02 Å². The normalized spacial score (nSPS) is 10.6. The van der Waals surface area contributed by atoms with Crippen molar-refractivity contribution < 1.29 is 9.53 Å². The molecule has 0 atom stereocenters. The number of hydrogen-bond acceptors (Lipinski definition) is 5. The minimum absolute atomic E-state index is 0.108. The number of H-pyrrole nitrogens is 1. The number of hydrazine groups is 1. The summed E-state index contributed by atoms with van der Waals surface area (Å²) in [5.74, 6) is 5.51. The van der Waals surface area contributed by atoms with Gasteiger partial charge in [0.1, 0.15) is 0 Å². The van der Waals surface area contributed by atoms with E-state index >= 15 is 0 Å². The van der Waals surface area contributed by atoms with E-state index in [4.69, 9.17) is 33.8 Å². The van der Waals surface area contributed by atoms with Crippen LogP contribution in [0.3, 0.4) is 0 Å². The Balaban J connectivity index is 2.69. The third-order valence-electron chi connectivity index (χ3n) is 2.42. The lowest BCUT2D eigenvalue weighted by atomic mass is 10.2. The SMILES string of the molecule is CCOC(=O)N(N)c1nc(=O)[nH]c2cc(Cl)cc(Cl)c12. The molecule has 0 unspecified atom stereocenters. The smallest absolute Gasteiger partial charge is 0.430 e. The molecule has 0 spiro atoms. The summed E-state index contributed by atoms with van der Waals surface area (Å²) in [5, 5.41) is 1.45. The molecule has 0 aliphatic rings. The van der Waals surface area contributed by atoms with Gasteiger partial charge in [-0.2, -0.15) is 9.99 Å². The van der Waals surface area contributed by atoms with Crippen LogP contribution in [-0.4, -0.2) is 22.7 Å². The Morgan fingerprint density at radius 3 is 2.85 bits per heavy atom. The Hall–Kier alpha value is -1.83. The van der Waals surface area contributed by atoms with E-state index < -0.39 is 11.8 Å². The second-order valence-electron chi connectivity index (χ2n) is 3.74. The van der Waals surface area contributed by atoms with Gasteiger partial charge in [-0.15, -0.1) is 0 Å². The predicted molar refractivity (Wildman–Crippen MR) is 76.1 cm³/mol. The number of carbonyl (C=O) groups excluding carboxylic acids is 1. The van der Waals surface area contributed by atoms with Crippen LogP contribution in [0, 0.1) is 0 Å². The second-order valence-corrected chi connectivity index (χ2v) is 4.59. The number of amides is 1. The standard InChI is InChI=1S/C11H10Cl2N4O3/c1-2-20-11(19)17(14)9-8-6(13)3-5(12)4-7(8)15-10(18)16-9/h3-4H,2,14H2,1H3,(H,15,16,18). The highest BCUT2D eigenvalue weighted by atomic mass is 35.5. The summed E-state index contributed by atoms with van der Waals surface area (Å²) in [5.41, 5.74) is -0.372. The number of nitrogens with two attached hydrogens (primary N) is 1. The third-order valence-corrected chi connectivity index (χ3v) is 2.94. The van der Waals surface area contributed by atoms with E-state index in [0.29, 0.717) is 20.9 Å². The highest BCUT2D eigenvalue weighted by Crippen LogP contribution is 2.31. The van der Waals surface area contributed by atoms with E-state index in [-0.39, 0.29) is 17.4 Å². The molecular formula is C11H10Cl2N4O3. The minimum Gasteiger partial charge on any atom is -0.448 e. The molecule has 0 saturated heterocycles. The lowest BCUT2D eigenvalue weighted by Gasteiger charge is -2.16. The quantitative estimate of drug-likeness (QED) is 0.501. The van der Waals surface area contributed by atoms with Crippen molar-refractivity contribution in [1.29, 1.82) is 0 Å². The molecule has 0 aliphatic heterocycles. The first kappa shape index (κ1) is 14.6. The number of benzene rings is 1. The van der Waals surface area contributed by atoms with Crippen LogP contribution in [0.5, 0.6) is 0 Å². The van der Waals surface area contributed by atoms with Gasteiger partial charge in [0.2, 0.25) is 0 Å². The number of nitrogens with zero attached hydrogens (tertiary/aromatic N) is 2. The molecular weight excluding hydrogens is 307 g/mol. The van der Waals surface area contributed by atoms with E-state index in [1.807, 2.05) is 0 Å². The van der Waals surface area contributed by atoms with Crippen molar-refractivity contribution in [3.63, 3.8) is 0 Å². The van der Waals surface area contributed by atoms with Crippen LogP contribution < -0.4 is 16.5 Å². The van der Waals surface area contributed by atoms with Gasteiger partial charge in [0.05, 0.1) is 22.5 Å². The molecule has 1 amide bonds. The van der Waals surface area contributed by atoms with Crippen LogP contribution >= 0.6 is 23.2 Å². The van der Waals surface area contributed by atoms with Crippen LogP contribution in [0.2, 0.25) is 10.0 Å². The van der Waals surface area contributed by atoms with Crippen molar-refractivity contribution in [2.24, 2.45) is 5.84 Å². The number of aromatic nitrogens is 2. The number of rotatable bonds is 2. The van der Waals surface area contributed by atoms with Gasteiger partial charge in [-0.1, -0.05) is 23.2 Å². The Bertz CT molecular complexity index is 731. The third kappa shape index (κ3) is 2.69. The summed E-state index contributed by atoms with van der Waals surface area (Å²) >= 11 is 11.9.